The molecule has 0 aromatic carbocycles. The predicted octanol–water partition coefficient (Wildman–Crippen LogP) is 16.5. The molecule has 674 valence electrons. The van der Waals surface area contributed by atoms with Gasteiger partial charge in [-0.05, 0) is 77.0 Å². The van der Waals surface area contributed by atoms with Crippen molar-refractivity contribution < 1.29 is 122 Å². The van der Waals surface area contributed by atoms with E-state index >= 15 is 0 Å². The van der Waals surface area contributed by atoms with E-state index < -0.39 is 162 Å². The second-order valence-corrected chi connectivity index (χ2v) is 34.2. The number of phosphoric ester groups is 1. The summed E-state index contributed by atoms with van der Waals surface area (Å²) in [7, 11) is -5.81. The van der Waals surface area contributed by atoms with Crippen molar-refractivity contribution in [1.82, 2.24) is 0 Å². The summed E-state index contributed by atoms with van der Waals surface area (Å²) in [5.74, 6) is -2.98. The van der Waals surface area contributed by atoms with Crippen LogP contribution in [0.2, 0.25) is 0 Å². The van der Waals surface area contributed by atoms with Gasteiger partial charge < -0.3 is 88.7 Å². The fourth-order valence-electron chi connectivity index (χ4n) is 15.1. The van der Waals surface area contributed by atoms with Gasteiger partial charge in [0.05, 0.1) is 13.2 Å². The SMILES string of the molecule is CCCCCC/C=C\CCCCCCCCCC(=O)OCC1OC(OC2C(OC(=O)CCCCCCCCCCCCCCCCC)C(O)C(O)C(OC3OC(CO)C(O)C(O)C3O)C2OP(=O)(O)OCC(COC(=O)CCCCCCCCCCCCCCC)OC(=O)CCCCC/C=C\CCCCCCCC)C(O)C(O)C1O. The molecule has 1 saturated carbocycles. The van der Waals surface area contributed by atoms with Gasteiger partial charge in [-0.1, -0.05) is 309 Å². The largest absolute Gasteiger partial charge is 0.472 e. The monoisotopic (exact) mass is 1660 g/mol. The van der Waals surface area contributed by atoms with E-state index in [1.54, 1.807) is 0 Å². The van der Waals surface area contributed by atoms with Crippen molar-refractivity contribution in [2.75, 3.05) is 26.4 Å². The number of unbranched alkanes of at least 4 members (excludes halogenated alkanes) is 46. The zero-order valence-electron chi connectivity index (χ0n) is 71.6. The van der Waals surface area contributed by atoms with Crippen molar-refractivity contribution in [3.8, 4) is 0 Å². The lowest BCUT2D eigenvalue weighted by Gasteiger charge is -2.50. The lowest BCUT2D eigenvalue weighted by molar-refractivity contribution is -0.360. The standard InChI is InChI=1S/C89H163O25P/c1-5-9-13-17-21-25-29-33-35-39-42-46-50-54-58-62-73(92)106-68-71-77(96)79(98)83(102)89(110-71)113-86-84(111-75(94)64-60-56-52-48-44-40-36-34-30-26-22-18-14-10-6-2)80(99)81(100)85(112-88-82(101)78(97)76(95)70(65-90)109-88)87(86)114-115(103,104)107-67-69(108-74(93)63-59-55-51-47-43-38-32-28-24-20-16-12-8-4)66-105-72(91)61-57-53-49-45-41-37-31-27-23-19-15-11-7-3/h25,29,38,43,69-71,76-90,95-102H,5-24,26-28,30-37,39-42,44-68H2,1-4H3,(H,103,104)/b29-25-,43-38-. The highest BCUT2D eigenvalue weighted by Crippen LogP contribution is 2.49. The first-order valence-electron chi connectivity index (χ1n) is 46.1. The molecular formula is C89H163O25P. The van der Waals surface area contributed by atoms with Gasteiger partial charge in [0, 0.05) is 25.7 Å². The molecule has 3 fully saturated rings. The minimum Gasteiger partial charge on any atom is -0.463 e. The third-order valence-corrected chi connectivity index (χ3v) is 23.4. The lowest BCUT2D eigenvalue weighted by atomic mass is 9.84. The Bertz CT molecular complexity index is 2490. The van der Waals surface area contributed by atoms with Crippen molar-refractivity contribution in [2.45, 2.75) is 491 Å². The zero-order chi connectivity index (χ0) is 84.0. The highest BCUT2D eigenvalue weighted by atomic mass is 31.2. The van der Waals surface area contributed by atoms with Crippen LogP contribution in [0.5, 0.6) is 0 Å². The molecular weight excluding hydrogens is 1500 g/mol. The van der Waals surface area contributed by atoms with Gasteiger partial charge in [-0.2, -0.15) is 0 Å². The third-order valence-electron chi connectivity index (χ3n) is 22.4. The number of hydrogen-bond donors (Lipinski definition) is 10. The summed E-state index contributed by atoms with van der Waals surface area (Å²) in [5, 5.41) is 102. The van der Waals surface area contributed by atoms with Gasteiger partial charge in [0.2, 0.25) is 0 Å². The van der Waals surface area contributed by atoms with Crippen LogP contribution in [0.1, 0.15) is 387 Å². The first kappa shape index (κ1) is 106. The second-order valence-electron chi connectivity index (χ2n) is 32.8. The molecule has 2 aliphatic heterocycles. The van der Waals surface area contributed by atoms with Crippen LogP contribution in [0.15, 0.2) is 24.3 Å². The number of carbonyl (C=O) groups is 4. The maximum atomic E-state index is 14.9. The molecule has 0 bridgehead atoms. The average Bonchev–Trinajstić information content (AvgIpc) is 0.756. The van der Waals surface area contributed by atoms with Crippen molar-refractivity contribution in [1.29, 1.82) is 0 Å². The predicted molar refractivity (Wildman–Crippen MR) is 444 cm³/mol. The van der Waals surface area contributed by atoms with Gasteiger partial charge in [-0.25, -0.2) is 4.57 Å². The van der Waals surface area contributed by atoms with Gasteiger partial charge in [-0.15, -0.1) is 0 Å². The number of carbonyl (C=O) groups excluding carboxylic acids is 4. The van der Waals surface area contributed by atoms with Gasteiger partial charge in [-0.3, -0.25) is 28.2 Å². The van der Waals surface area contributed by atoms with Gasteiger partial charge in [0.15, 0.2) is 24.8 Å². The molecule has 3 aliphatic rings. The first-order valence-corrected chi connectivity index (χ1v) is 47.6. The number of esters is 4. The molecule has 3 rings (SSSR count). The Morgan fingerprint density at radius 2 is 0.652 bits per heavy atom. The molecule has 25 nitrogen and oxygen atoms in total. The minimum absolute atomic E-state index is 0.00932. The van der Waals surface area contributed by atoms with Crippen LogP contribution < -0.4 is 0 Å². The van der Waals surface area contributed by atoms with Crippen LogP contribution in [-0.2, 0) is 70.7 Å². The Balaban J connectivity index is 1.93. The van der Waals surface area contributed by atoms with E-state index in [1.165, 1.54) is 154 Å². The molecule has 10 N–H and O–H groups in total. The Morgan fingerprint density at radius 3 is 1.05 bits per heavy atom. The van der Waals surface area contributed by atoms with Gasteiger partial charge >= 0.3 is 31.7 Å². The first-order chi connectivity index (χ1) is 55.7. The molecule has 0 radical (unpaired) electrons. The number of hydrogen-bond acceptors (Lipinski definition) is 24. The molecule has 0 aromatic heterocycles. The molecule has 26 heteroatoms. The van der Waals surface area contributed by atoms with Crippen LogP contribution in [0.25, 0.3) is 0 Å². The number of rotatable bonds is 74. The van der Waals surface area contributed by atoms with E-state index in [9.17, 15) is 74.6 Å². The zero-order valence-corrected chi connectivity index (χ0v) is 72.5. The van der Waals surface area contributed by atoms with Crippen LogP contribution >= 0.6 is 7.82 Å². The van der Waals surface area contributed by atoms with Crippen LogP contribution in [0.3, 0.4) is 0 Å². The molecule has 18 unspecified atom stereocenters. The highest BCUT2D eigenvalue weighted by Gasteiger charge is 2.60. The molecule has 18 atom stereocenters. The van der Waals surface area contributed by atoms with Crippen molar-refractivity contribution in [3.63, 3.8) is 0 Å². The normalized spacial score (nSPS) is 25.3. The summed E-state index contributed by atoms with van der Waals surface area (Å²) >= 11 is 0. The summed E-state index contributed by atoms with van der Waals surface area (Å²) in [6, 6.07) is 0. The second kappa shape index (κ2) is 68.5. The topological polar surface area (TPSA) is 380 Å². The van der Waals surface area contributed by atoms with Gasteiger partial charge in [0.1, 0.15) is 92.6 Å². The molecule has 0 amide bonds. The summed E-state index contributed by atoms with van der Waals surface area (Å²) in [4.78, 5) is 66.3. The Labute approximate surface area is 692 Å². The van der Waals surface area contributed by atoms with Crippen LogP contribution in [0.4, 0.5) is 0 Å². The van der Waals surface area contributed by atoms with Crippen LogP contribution in [0, 0.1) is 0 Å². The molecule has 0 spiro atoms. The van der Waals surface area contributed by atoms with E-state index in [-0.39, 0.29) is 25.7 Å². The number of phosphoric acid groups is 1. The number of ether oxygens (including phenoxy) is 8. The van der Waals surface area contributed by atoms with Crippen molar-refractivity contribution in [2.24, 2.45) is 0 Å². The molecule has 0 aromatic rings. The smallest absolute Gasteiger partial charge is 0.463 e. The van der Waals surface area contributed by atoms with Crippen molar-refractivity contribution in [3.05, 3.63) is 24.3 Å². The fourth-order valence-corrected chi connectivity index (χ4v) is 16.0. The molecule has 115 heavy (non-hydrogen) atoms. The van der Waals surface area contributed by atoms with Crippen LogP contribution in [-0.4, -0.2) is 205 Å². The molecule has 1 aliphatic carbocycles. The maximum Gasteiger partial charge on any atom is 0.472 e. The van der Waals surface area contributed by atoms with E-state index in [4.69, 9.17) is 46.9 Å². The van der Waals surface area contributed by atoms with E-state index in [0.717, 1.165) is 141 Å². The Morgan fingerprint density at radius 1 is 0.339 bits per heavy atom. The fraction of sp³-hybridized carbons (Fsp3) is 0.910. The van der Waals surface area contributed by atoms with E-state index in [0.29, 0.717) is 38.5 Å². The minimum atomic E-state index is -5.81. The summed E-state index contributed by atoms with van der Waals surface area (Å²) < 4.78 is 73.3. The summed E-state index contributed by atoms with van der Waals surface area (Å²) in [6.07, 6.45) is 27.5. The number of aliphatic hydroxyl groups excluding tert-OH is 9. The lowest BCUT2D eigenvalue weighted by Crippen LogP contribution is -2.70. The van der Waals surface area contributed by atoms with E-state index in [2.05, 4.69) is 52.0 Å². The van der Waals surface area contributed by atoms with Crippen molar-refractivity contribution >= 4 is 31.7 Å². The summed E-state index contributed by atoms with van der Waals surface area (Å²) in [6.45, 7) is 5.55. The average molecular weight is 1660 g/mol. The Hall–Kier alpha value is -3.05. The summed E-state index contributed by atoms with van der Waals surface area (Å²) in [5.41, 5.74) is 0. The molecule has 2 heterocycles. The quantitative estimate of drug-likeness (QED) is 0.00889. The Kier molecular flexibility index (Phi) is 63.2. The third kappa shape index (κ3) is 49.0. The van der Waals surface area contributed by atoms with E-state index in [1.807, 2.05) is 0 Å². The number of aliphatic hydroxyl groups is 9. The molecule has 2 saturated heterocycles. The number of allylic oxidation sites excluding steroid dienone is 4. The highest BCUT2D eigenvalue weighted by molar-refractivity contribution is 7.47. The maximum absolute atomic E-state index is 14.9. The van der Waals surface area contributed by atoms with Gasteiger partial charge in [0.25, 0.3) is 0 Å².